The fraction of sp³-hybridized carbons (Fsp3) is 0.731. The maximum Gasteiger partial charge on any atom is 0.264 e. The van der Waals surface area contributed by atoms with Gasteiger partial charge in [0.1, 0.15) is 6.04 Å². The van der Waals surface area contributed by atoms with Crippen LogP contribution in [0.1, 0.15) is 54.6 Å². The number of carbonyl (C=O) groups is 3. The first-order valence-corrected chi connectivity index (χ1v) is 14.4. The molecule has 198 valence electrons. The predicted molar refractivity (Wildman–Crippen MR) is 138 cm³/mol. The van der Waals surface area contributed by atoms with Crippen molar-refractivity contribution in [2.24, 2.45) is 11.7 Å². The Labute approximate surface area is 217 Å². The number of nitrogens with two attached hydrogens (primary N) is 1. The van der Waals surface area contributed by atoms with Crippen molar-refractivity contribution < 1.29 is 19.1 Å². The molecule has 1 aromatic rings. The van der Waals surface area contributed by atoms with Gasteiger partial charge in [0, 0.05) is 50.7 Å². The van der Waals surface area contributed by atoms with E-state index in [-0.39, 0.29) is 41.8 Å². The minimum atomic E-state index is -0.527. The zero-order valence-corrected chi connectivity index (χ0v) is 21.8. The van der Waals surface area contributed by atoms with E-state index in [9.17, 15) is 14.4 Å². The van der Waals surface area contributed by atoms with Crippen LogP contribution in [0.15, 0.2) is 17.5 Å². The average molecular weight is 518 g/mol. The van der Waals surface area contributed by atoms with Crippen LogP contribution in [0.5, 0.6) is 0 Å². The average Bonchev–Trinajstić information content (AvgIpc) is 3.41. The van der Waals surface area contributed by atoms with Gasteiger partial charge in [0.15, 0.2) is 0 Å². The van der Waals surface area contributed by atoms with Crippen LogP contribution in [0.3, 0.4) is 0 Å². The predicted octanol–water partition coefficient (Wildman–Crippen LogP) is 1.29. The lowest BCUT2D eigenvalue weighted by atomic mass is 9.91. The van der Waals surface area contributed by atoms with Crippen molar-refractivity contribution in [2.45, 2.75) is 69.1 Å². The van der Waals surface area contributed by atoms with Crippen LogP contribution >= 0.6 is 11.3 Å². The van der Waals surface area contributed by atoms with Gasteiger partial charge in [-0.2, -0.15) is 0 Å². The molecule has 4 aliphatic rings. The van der Waals surface area contributed by atoms with Crippen LogP contribution in [0.2, 0.25) is 0 Å². The van der Waals surface area contributed by atoms with Gasteiger partial charge in [0.2, 0.25) is 11.8 Å². The Morgan fingerprint density at radius 3 is 2.53 bits per heavy atom. The van der Waals surface area contributed by atoms with E-state index in [0.29, 0.717) is 37.6 Å². The van der Waals surface area contributed by atoms with E-state index in [1.165, 1.54) is 11.3 Å². The molecule has 2 aliphatic heterocycles. The maximum absolute atomic E-state index is 13.6. The van der Waals surface area contributed by atoms with Gasteiger partial charge in [-0.1, -0.05) is 6.07 Å². The second-order valence-electron chi connectivity index (χ2n) is 10.7. The number of amides is 3. The molecule has 1 aromatic heterocycles. The third kappa shape index (κ3) is 6.10. The molecule has 9 nitrogen and oxygen atoms in total. The van der Waals surface area contributed by atoms with Crippen molar-refractivity contribution in [1.82, 2.24) is 20.0 Å². The SMILES string of the molecule is NC1CCC(NC(=O)C2CC(N(CCN3CCOCC3)C(=O)c3cccs3)CN2C(=O)C2CC2)CC1. The van der Waals surface area contributed by atoms with Crippen molar-refractivity contribution in [3.05, 3.63) is 22.4 Å². The van der Waals surface area contributed by atoms with E-state index >= 15 is 0 Å². The smallest absolute Gasteiger partial charge is 0.264 e. The highest BCUT2D eigenvalue weighted by Crippen LogP contribution is 2.35. The number of morpholine rings is 1. The first-order chi connectivity index (χ1) is 17.5. The number of hydrogen-bond acceptors (Lipinski definition) is 7. The van der Waals surface area contributed by atoms with Gasteiger partial charge in [-0.25, -0.2) is 0 Å². The molecule has 2 atom stereocenters. The number of hydrogen-bond donors (Lipinski definition) is 2. The van der Waals surface area contributed by atoms with Crippen molar-refractivity contribution in [2.75, 3.05) is 45.9 Å². The largest absolute Gasteiger partial charge is 0.379 e. The first-order valence-electron chi connectivity index (χ1n) is 13.5. The zero-order chi connectivity index (χ0) is 25.1. The summed E-state index contributed by atoms with van der Waals surface area (Å²) in [6.07, 6.45) is 5.84. The minimum absolute atomic E-state index is 0.00981. The van der Waals surface area contributed by atoms with E-state index in [1.54, 1.807) is 4.90 Å². The molecule has 5 rings (SSSR count). The molecule has 0 radical (unpaired) electrons. The highest BCUT2D eigenvalue weighted by molar-refractivity contribution is 7.12. The molecule has 3 N–H and O–H groups in total. The lowest BCUT2D eigenvalue weighted by Crippen LogP contribution is -2.50. The van der Waals surface area contributed by atoms with Crippen LogP contribution in [0.4, 0.5) is 0 Å². The fourth-order valence-electron chi connectivity index (χ4n) is 5.72. The summed E-state index contributed by atoms with van der Waals surface area (Å²) in [5.74, 6) is 0.00891. The highest BCUT2D eigenvalue weighted by Gasteiger charge is 2.47. The summed E-state index contributed by atoms with van der Waals surface area (Å²) in [6.45, 7) is 4.88. The quantitative estimate of drug-likeness (QED) is 0.538. The summed E-state index contributed by atoms with van der Waals surface area (Å²) in [7, 11) is 0. The molecule has 2 unspecified atom stereocenters. The summed E-state index contributed by atoms with van der Waals surface area (Å²) < 4.78 is 5.47. The van der Waals surface area contributed by atoms with Gasteiger partial charge in [-0.15, -0.1) is 11.3 Å². The Kier molecular flexibility index (Phi) is 8.25. The molecule has 0 bridgehead atoms. The Bertz CT molecular complexity index is 909. The second-order valence-corrected chi connectivity index (χ2v) is 11.7. The van der Waals surface area contributed by atoms with Crippen LogP contribution < -0.4 is 11.1 Å². The van der Waals surface area contributed by atoms with Crippen LogP contribution in [0, 0.1) is 5.92 Å². The number of thiophene rings is 1. The monoisotopic (exact) mass is 517 g/mol. The summed E-state index contributed by atoms with van der Waals surface area (Å²) in [6, 6.07) is 3.36. The number of rotatable bonds is 8. The molecular formula is C26H39N5O4S. The highest BCUT2D eigenvalue weighted by atomic mass is 32.1. The Morgan fingerprint density at radius 1 is 1.11 bits per heavy atom. The molecule has 2 aliphatic carbocycles. The van der Waals surface area contributed by atoms with Crippen molar-refractivity contribution in [3.63, 3.8) is 0 Å². The topological polar surface area (TPSA) is 108 Å². The van der Waals surface area contributed by atoms with Gasteiger partial charge in [0.25, 0.3) is 5.91 Å². The van der Waals surface area contributed by atoms with E-state index < -0.39 is 6.04 Å². The second kappa shape index (κ2) is 11.6. The summed E-state index contributed by atoms with van der Waals surface area (Å²) in [5.41, 5.74) is 6.04. The van der Waals surface area contributed by atoms with Gasteiger partial charge in [0.05, 0.1) is 24.1 Å². The molecule has 0 aromatic carbocycles. The van der Waals surface area contributed by atoms with Gasteiger partial charge in [-0.3, -0.25) is 19.3 Å². The molecule has 10 heteroatoms. The number of nitrogens with zero attached hydrogens (tertiary/aromatic N) is 3. The van der Waals surface area contributed by atoms with Crippen LogP contribution in [-0.2, 0) is 14.3 Å². The molecule has 3 heterocycles. The standard InChI is InChI=1S/C26H39N5O4S/c27-19-5-7-20(8-6-19)28-24(32)22-16-21(17-31(22)25(33)18-3-4-18)30(26(34)23-2-1-15-36-23)10-9-29-11-13-35-14-12-29/h1-2,15,18-22H,3-14,16-17,27H2,(H,28,32). The Morgan fingerprint density at radius 2 is 1.86 bits per heavy atom. The molecule has 0 spiro atoms. The molecule has 2 saturated carbocycles. The molecule has 2 saturated heterocycles. The lowest BCUT2D eigenvalue weighted by Gasteiger charge is -2.33. The van der Waals surface area contributed by atoms with Gasteiger partial charge in [-0.05, 0) is 56.4 Å². The zero-order valence-electron chi connectivity index (χ0n) is 21.0. The maximum atomic E-state index is 13.6. The summed E-state index contributed by atoms with van der Waals surface area (Å²) in [4.78, 5) is 47.0. The third-order valence-corrected chi connectivity index (χ3v) is 8.96. The Hall–Kier alpha value is -2.01. The van der Waals surface area contributed by atoms with E-state index in [1.807, 2.05) is 22.4 Å². The van der Waals surface area contributed by atoms with Crippen molar-refractivity contribution in [3.8, 4) is 0 Å². The number of nitrogens with one attached hydrogen (secondary N) is 1. The number of ether oxygens (including phenoxy) is 1. The lowest BCUT2D eigenvalue weighted by molar-refractivity contribution is -0.139. The van der Waals surface area contributed by atoms with Crippen LogP contribution in [0.25, 0.3) is 0 Å². The normalized spacial score (nSPS) is 29.2. The molecule has 4 fully saturated rings. The Balaban J connectivity index is 1.31. The molecular weight excluding hydrogens is 478 g/mol. The van der Waals surface area contributed by atoms with Crippen molar-refractivity contribution >= 4 is 29.1 Å². The van der Waals surface area contributed by atoms with Gasteiger partial charge < -0.3 is 25.6 Å². The van der Waals surface area contributed by atoms with Crippen LogP contribution in [-0.4, -0.2) is 103 Å². The fourth-order valence-corrected chi connectivity index (χ4v) is 6.40. The molecule has 3 amide bonds. The summed E-state index contributed by atoms with van der Waals surface area (Å²) >= 11 is 1.44. The number of likely N-dealkylation sites (tertiary alicyclic amines) is 1. The third-order valence-electron chi connectivity index (χ3n) is 8.10. The van der Waals surface area contributed by atoms with E-state index in [4.69, 9.17) is 10.5 Å². The minimum Gasteiger partial charge on any atom is -0.379 e. The number of carbonyl (C=O) groups excluding carboxylic acids is 3. The summed E-state index contributed by atoms with van der Waals surface area (Å²) in [5, 5.41) is 5.13. The van der Waals surface area contributed by atoms with E-state index in [0.717, 1.165) is 58.2 Å². The molecule has 36 heavy (non-hydrogen) atoms. The first kappa shape index (κ1) is 25.6. The van der Waals surface area contributed by atoms with E-state index in [2.05, 4.69) is 10.2 Å². The van der Waals surface area contributed by atoms with Gasteiger partial charge >= 0.3 is 0 Å². The van der Waals surface area contributed by atoms with Crippen molar-refractivity contribution in [1.29, 1.82) is 0 Å².